The molecule has 1 aliphatic heterocycles. The zero-order chi connectivity index (χ0) is 14.1. The Labute approximate surface area is 116 Å². The van der Waals surface area contributed by atoms with Crippen LogP contribution in [-0.2, 0) is 20.0 Å². The highest BCUT2D eigenvalue weighted by Crippen LogP contribution is 2.30. The zero-order valence-electron chi connectivity index (χ0n) is 11.3. The lowest BCUT2D eigenvalue weighted by Crippen LogP contribution is -2.30. The fraction of sp³-hybridized carbons (Fsp3) is 0.357. The van der Waals surface area contributed by atoms with Crippen LogP contribution >= 0.6 is 0 Å². The van der Waals surface area contributed by atoms with Crippen LogP contribution < -0.4 is 4.90 Å². The van der Waals surface area contributed by atoms with Crippen molar-refractivity contribution < 1.29 is 9.90 Å². The molecule has 0 atom stereocenters. The van der Waals surface area contributed by atoms with Gasteiger partial charge in [0, 0.05) is 19.3 Å². The third-order valence-corrected chi connectivity index (χ3v) is 3.58. The summed E-state index contributed by atoms with van der Waals surface area (Å²) in [5, 5.41) is 17.6. The highest BCUT2D eigenvalue weighted by atomic mass is 16.4. The molecule has 2 heterocycles. The number of hydrogen-bond donors (Lipinski definition) is 1. The molecule has 2 aromatic rings. The van der Waals surface area contributed by atoms with E-state index in [1.165, 1.54) is 4.80 Å². The summed E-state index contributed by atoms with van der Waals surface area (Å²) < 4.78 is 0. The summed E-state index contributed by atoms with van der Waals surface area (Å²) in [4.78, 5) is 15.0. The molecule has 1 aromatic heterocycles. The van der Waals surface area contributed by atoms with Crippen LogP contribution in [-0.4, -0.2) is 32.6 Å². The summed E-state index contributed by atoms with van der Waals surface area (Å²) in [5.41, 5.74) is 3.23. The Morgan fingerprint density at radius 2 is 2.30 bits per heavy atom. The highest BCUT2D eigenvalue weighted by Gasteiger charge is 2.22. The van der Waals surface area contributed by atoms with E-state index in [0.29, 0.717) is 12.1 Å². The first kappa shape index (κ1) is 12.7. The predicted octanol–water partition coefficient (Wildman–Crippen LogP) is 1.47. The maximum absolute atomic E-state index is 11.3. The van der Waals surface area contributed by atoms with Gasteiger partial charge < -0.3 is 10.0 Å². The average Bonchev–Trinajstić information content (AvgIpc) is 2.84. The number of benzene rings is 1. The highest BCUT2D eigenvalue weighted by molar-refractivity contribution is 5.91. The van der Waals surface area contributed by atoms with E-state index in [1.807, 2.05) is 6.07 Å². The summed E-state index contributed by atoms with van der Waals surface area (Å²) in [6.45, 7) is 1.57. The first-order valence-corrected chi connectivity index (χ1v) is 6.60. The molecule has 6 nitrogen and oxygen atoms in total. The number of fused-ring (bicyclic) bond motifs is 1. The van der Waals surface area contributed by atoms with Crippen LogP contribution in [0.3, 0.4) is 0 Å². The van der Waals surface area contributed by atoms with Crippen molar-refractivity contribution in [1.82, 2.24) is 15.0 Å². The first-order valence-electron chi connectivity index (χ1n) is 6.60. The van der Waals surface area contributed by atoms with Crippen LogP contribution in [0.1, 0.15) is 28.0 Å². The molecule has 1 N–H and O–H groups in total. The summed E-state index contributed by atoms with van der Waals surface area (Å²) in [6, 6.07) is 5.46. The molecule has 0 fully saturated rings. The average molecular weight is 272 g/mol. The maximum Gasteiger partial charge on any atom is 0.336 e. The lowest BCUT2D eigenvalue weighted by Gasteiger charge is -2.31. The van der Waals surface area contributed by atoms with Gasteiger partial charge in [0.15, 0.2) is 0 Å². The molecule has 0 spiro atoms. The molecule has 0 radical (unpaired) electrons. The molecule has 0 bridgehead atoms. The third kappa shape index (κ3) is 2.24. The van der Waals surface area contributed by atoms with Crippen molar-refractivity contribution in [2.75, 3.05) is 11.4 Å². The van der Waals surface area contributed by atoms with Gasteiger partial charge in [0.25, 0.3) is 0 Å². The fourth-order valence-corrected chi connectivity index (χ4v) is 2.72. The summed E-state index contributed by atoms with van der Waals surface area (Å²) in [5.74, 6) is -0.858. The van der Waals surface area contributed by atoms with E-state index in [9.17, 15) is 9.90 Å². The molecular formula is C14H16N4O2. The van der Waals surface area contributed by atoms with E-state index < -0.39 is 5.97 Å². The number of aromatic carboxylic acids is 1. The van der Waals surface area contributed by atoms with Gasteiger partial charge in [-0.05, 0) is 30.5 Å². The van der Waals surface area contributed by atoms with Gasteiger partial charge in [-0.3, -0.25) is 0 Å². The van der Waals surface area contributed by atoms with Crippen LogP contribution in [0, 0.1) is 0 Å². The van der Waals surface area contributed by atoms with Gasteiger partial charge in [-0.1, -0.05) is 6.07 Å². The number of nitrogens with zero attached hydrogens (tertiary/aromatic N) is 4. The number of carboxylic acids is 1. The maximum atomic E-state index is 11.3. The first-order chi connectivity index (χ1) is 9.65. The number of anilines is 1. The summed E-state index contributed by atoms with van der Waals surface area (Å²) in [7, 11) is 1.79. The lowest BCUT2D eigenvalue weighted by atomic mass is 9.96. The van der Waals surface area contributed by atoms with Gasteiger partial charge in [-0.2, -0.15) is 15.0 Å². The van der Waals surface area contributed by atoms with Crippen molar-refractivity contribution in [3.05, 3.63) is 41.2 Å². The predicted molar refractivity (Wildman–Crippen MR) is 73.8 cm³/mol. The molecule has 0 saturated carbocycles. The molecule has 1 aliphatic rings. The quantitative estimate of drug-likeness (QED) is 0.916. The second-order valence-corrected chi connectivity index (χ2v) is 4.96. The molecule has 0 aliphatic carbocycles. The van der Waals surface area contributed by atoms with E-state index in [2.05, 4.69) is 15.1 Å². The van der Waals surface area contributed by atoms with Crippen LogP contribution in [0.15, 0.2) is 24.4 Å². The minimum Gasteiger partial charge on any atom is -0.478 e. The van der Waals surface area contributed by atoms with Crippen molar-refractivity contribution in [2.24, 2.45) is 7.05 Å². The van der Waals surface area contributed by atoms with Crippen molar-refractivity contribution >= 4 is 11.7 Å². The summed E-state index contributed by atoms with van der Waals surface area (Å²) in [6.07, 6.45) is 3.52. The zero-order valence-corrected chi connectivity index (χ0v) is 11.3. The van der Waals surface area contributed by atoms with E-state index in [0.717, 1.165) is 36.3 Å². The molecule has 0 amide bonds. The topological polar surface area (TPSA) is 71.2 Å². The van der Waals surface area contributed by atoms with Gasteiger partial charge in [-0.25, -0.2) is 4.79 Å². The number of carboxylic acid groups (broad SMARTS) is 1. The molecule has 1 aromatic carbocycles. The standard InChI is InChI=1S/C14H16N4O2/c1-17-15-8-10(16-17)9-18-7-3-5-11-12(14(19)20)4-2-6-13(11)18/h2,4,6,8H,3,5,7,9H2,1H3,(H,19,20). The number of aromatic nitrogens is 3. The Morgan fingerprint density at radius 3 is 3.00 bits per heavy atom. The SMILES string of the molecule is Cn1ncc(CN2CCCc3c(C(=O)O)cccc32)n1. The monoisotopic (exact) mass is 272 g/mol. The normalized spacial score (nSPS) is 14.2. The second kappa shape index (κ2) is 4.96. The third-order valence-electron chi connectivity index (χ3n) is 3.58. The van der Waals surface area contributed by atoms with Crippen molar-refractivity contribution in [3.63, 3.8) is 0 Å². The van der Waals surface area contributed by atoms with E-state index in [4.69, 9.17) is 0 Å². The molecule has 104 valence electrons. The Kier molecular flexibility index (Phi) is 3.14. The van der Waals surface area contributed by atoms with Crippen LogP contribution in [0.25, 0.3) is 0 Å². The molecule has 6 heteroatoms. The molecule has 3 rings (SSSR count). The van der Waals surface area contributed by atoms with Crippen LogP contribution in [0.4, 0.5) is 5.69 Å². The van der Waals surface area contributed by atoms with Crippen molar-refractivity contribution in [2.45, 2.75) is 19.4 Å². The van der Waals surface area contributed by atoms with Gasteiger partial charge in [0.2, 0.25) is 0 Å². The smallest absolute Gasteiger partial charge is 0.336 e. The molecule has 0 saturated heterocycles. The Bertz CT molecular complexity index is 650. The van der Waals surface area contributed by atoms with Gasteiger partial charge in [0.05, 0.1) is 18.3 Å². The van der Waals surface area contributed by atoms with Gasteiger partial charge in [0.1, 0.15) is 5.69 Å². The minimum absolute atomic E-state index is 0.409. The Morgan fingerprint density at radius 1 is 1.45 bits per heavy atom. The van der Waals surface area contributed by atoms with Gasteiger partial charge in [-0.15, -0.1) is 0 Å². The van der Waals surface area contributed by atoms with Crippen molar-refractivity contribution in [1.29, 1.82) is 0 Å². The van der Waals surface area contributed by atoms with Crippen molar-refractivity contribution in [3.8, 4) is 0 Å². The van der Waals surface area contributed by atoms with E-state index in [-0.39, 0.29) is 0 Å². The Balaban J connectivity index is 1.94. The number of aryl methyl sites for hydroxylation is 1. The lowest BCUT2D eigenvalue weighted by molar-refractivity contribution is 0.0695. The number of rotatable bonds is 3. The fourth-order valence-electron chi connectivity index (χ4n) is 2.72. The van der Waals surface area contributed by atoms with E-state index in [1.54, 1.807) is 25.4 Å². The number of hydrogen-bond acceptors (Lipinski definition) is 4. The minimum atomic E-state index is -0.858. The van der Waals surface area contributed by atoms with Crippen LogP contribution in [0.2, 0.25) is 0 Å². The molecule has 20 heavy (non-hydrogen) atoms. The summed E-state index contributed by atoms with van der Waals surface area (Å²) >= 11 is 0. The Hall–Kier alpha value is -2.37. The molecular weight excluding hydrogens is 256 g/mol. The second-order valence-electron chi connectivity index (χ2n) is 4.96. The molecule has 0 unspecified atom stereocenters. The number of carbonyl (C=O) groups is 1. The van der Waals surface area contributed by atoms with E-state index >= 15 is 0 Å². The largest absolute Gasteiger partial charge is 0.478 e. The van der Waals surface area contributed by atoms with Gasteiger partial charge >= 0.3 is 5.97 Å². The van der Waals surface area contributed by atoms with Crippen LogP contribution in [0.5, 0.6) is 0 Å².